The zero-order valence-corrected chi connectivity index (χ0v) is 15.5. The van der Waals surface area contributed by atoms with Gasteiger partial charge < -0.3 is 15.0 Å². The average molecular weight is 344 g/mol. The van der Waals surface area contributed by atoms with Crippen LogP contribution >= 0.6 is 0 Å². The number of amides is 1. The van der Waals surface area contributed by atoms with E-state index in [4.69, 9.17) is 4.74 Å². The van der Waals surface area contributed by atoms with Crippen molar-refractivity contribution in [2.75, 3.05) is 13.7 Å². The molecular weight excluding hydrogens is 312 g/mol. The first kappa shape index (κ1) is 18.2. The van der Waals surface area contributed by atoms with Crippen molar-refractivity contribution in [3.63, 3.8) is 0 Å². The van der Waals surface area contributed by atoms with Gasteiger partial charge in [0.25, 0.3) is 0 Å². The number of carbonyl (C=O) groups is 1. The summed E-state index contributed by atoms with van der Waals surface area (Å²) in [6, 6.07) is 9.20. The maximum Gasteiger partial charge on any atom is 0.222 e. The molecule has 1 amide bonds. The van der Waals surface area contributed by atoms with Crippen molar-refractivity contribution < 1.29 is 9.53 Å². The second-order valence-electron chi connectivity index (χ2n) is 7.54. The van der Waals surface area contributed by atoms with Crippen LogP contribution in [0.2, 0.25) is 0 Å². The highest BCUT2D eigenvalue weighted by molar-refractivity contribution is 5.76. The number of likely N-dealkylation sites (tertiary alicyclic amines) is 1. The van der Waals surface area contributed by atoms with E-state index in [1.165, 1.54) is 44.1 Å². The molecule has 4 nitrogen and oxygen atoms in total. The van der Waals surface area contributed by atoms with Gasteiger partial charge in [0.1, 0.15) is 5.75 Å². The summed E-state index contributed by atoms with van der Waals surface area (Å²) < 4.78 is 5.21. The van der Waals surface area contributed by atoms with Gasteiger partial charge in [-0.25, -0.2) is 0 Å². The Morgan fingerprint density at radius 1 is 1.00 bits per heavy atom. The number of hydrogen-bond acceptors (Lipinski definition) is 3. The second-order valence-corrected chi connectivity index (χ2v) is 7.54. The molecule has 2 aliphatic rings. The normalized spacial score (nSPS) is 23.2. The number of methoxy groups -OCH3 is 1. The molecule has 1 aromatic carbocycles. The van der Waals surface area contributed by atoms with Crippen LogP contribution in [0.5, 0.6) is 5.75 Å². The maximum atomic E-state index is 12.5. The molecule has 1 aliphatic carbocycles. The minimum Gasteiger partial charge on any atom is -0.497 e. The van der Waals surface area contributed by atoms with Gasteiger partial charge in [0.2, 0.25) is 5.91 Å². The zero-order valence-electron chi connectivity index (χ0n) is 15.5. The Hall–Kier alpha value is -1.55. The fourth-order valence-corrected chi connectivity index (χ4v) is 4.10. The average Bonchev–Trinajstić information content (AvgIpc) is 2.99. The van der Waals surface area contributed by atoms with E-state index in [1.807, 2.05) is 17.0 Å². The van der Waals surface area contributed by atoms with E-state index in [0.29, 0.717) is 31.0 Å². The Kier molecular flexibility index (Phi) is 6.74. The summed E-state index contributed by atoms with van der Waals surface area (Å²) in [6.07, 6.45) is 10.8. The molecule has 1 saturated carbocycles. The summed E-state index contributed by atoms with van der Waals surface area (Å²) >= 11 is 0. The quantitative estimate of drug-likeness (QED) is 0.824. The fraction of sp³-hybridized carbons (Fsp3) is 0.667. The van der Waals surface area contributed by atoms with Crippen LogP contribution in [0, 0.1) is 0 Å². The van der Waals surface area contributed by atoms with Gasteiger partial charge in [-0.05, 0) is 43.4 Å². The molecule has 3 rings (SSSR count). The van der Waals surface area contributed by atoms with Gasteiger partial charge in [0.15, 0.2) is 0 Å². The molecule has 1 aliphatic heterocycles. The first-order chi connectivity index (χ1) is 12.2. The molecule has 1 heterocycles. The van der Waals surface area contributed by atoms with Crippen LogP contribution in [0.15, 0.2) is 24.3 Å². The molecule has 0 radical (unpaired) electrons. The van der Waals surface area contributed by atoms with E-state index >= 15 is 0 Å². The molecule has 1 atom stereocenters. The third-order valence-corrected chi connectivity index (χ3v) is 5.67. The van der Waals surface area contributed by atoms with Crippen molar-refractivity contribution in [1.29, 1.82) is 0 Å². The summed E-state index contributed by atoms with van der Waals surface area (Å²) in [5.41, 5.74) is 1.17. The van der Waals surface area contributed by atoms with Crippen molar-refractivity contribution in [1.82, 2.24) is 10.2 Å². The first-order valence-corrected chi connectivity index (χ1v) is 9.91. The lowest BCUT2D eigenvalue weighted by atomic mass is 10.0. The molecular formula is C21H32N2O2. The lowest BCUT2D eigenvalue weighted by Crippen LogP contribution is -2.38. The lowest BCUT2D eigenvalue weighted by molar-refractivity contribution is -0.131. The van der Waals surface area contributed by atoms with Gasteiger partial charge >= 0.3 is 0 Å². The lowest BCUT2D eigenvalue weighted by Gasteiger charge is -2.24. The van der Waals surface area contributed by atoms with E-state index in [-0.39, 0.29) is 0 Å². The highest BCUT2D eigenvalue weighted by atomic mass is 16.5. The molecule has 4 heteroatoms. The predicted octanol–water partition coefficient (Wildman–Crippen LogP) is 3.89. The van der Waals surface area contributed by atoms with Gasteiger partial charge in [-0.1, -0.05) is 37.8 Å². The smallest absolute Gasteiger partial charge is 0.222 e. The molecule has 0 aromatic heterocycles. The number of rotatable bonds is 5. The fourth-order valence-electron chi connectivity index (χ4n) is 4.10. The molecule has 1 saturated heterocycles. The van der Waals surface area contributed by atoms with Gasteiger partial charge in [0, 0.05) is 31.6 Å². The molecule has 0 spiro atoms. The SMILES string of the molecule is COc1ccc(CN2CC[C@H](NC3CCCCCC3)CCC2=O)cc1. The Morgan fingerprint density at radius 2 is 1.68 bits per heavy atom. The van der Waals surface area contributed by atoms with Crippen LogP contribution < -0.4 is 10.1 Å². The van der Waals surface area contributed by atoms with Gasteiger partial charge in [-0.3, -0.25) is 4.79 Å². The van der Waals surface area contributed by atoms with E-state index in [2.05, 4.69) is 17.4 Å². The highest BCUT2D eigenvalue weighted by Crippen LogP contribution is 2.21. The number of benzene rings is 1. The number of hydrogen-bond donors (Lipinski definition) is 1. The predicted molar refractivity (Wildman–Crippen MR) is 101 cm³/mol. The third kappa shape index (κ3) is 5.46. The monoisotopic (exact) mass is 344 g/mol. The molecule has 25 heavy (non-hydrogen) atoms. The first-order valence-electron chi connectivity index (χ1n) is 9.91. The minimum atomic E-state index is 0.293. The Bertz CT molecular complexity index is 535. The van der Waals surface area contributed by atoms with Crippen LogP contribution in [-0.4, -0.2) is 36.5 Å². The van der Waals surface area contributed by atoms with Crippen molar-refractivity contribution >= 4 is 5.91 Å². The van der Waals surface area contributed by atoms with Gasteiger partial charge in [-0.15, -0.1) is 0 Å². The summed E-state index contributed by atoms with van der Waals surface area (Å²) in [6.45, 7) is 1.56. The van der Waals surface area contributed by atoms with Crippen LogP contribution in [0.3, 0.4) is 0 Å². The van der Waals surface area contributed by atoms with Crippen LogP contribution in [0.4, 0.5) is 0 Å². The number of nitrogens with zero attached hydrogens (tertiary/aromatic N) is 1. The molecule has 1 N–H and O–H groups in total. The Labute approximate surface area is 151 Å². The van der Waals surface area contributed by atoms with Crippen molar-refractivity contribution in [2.24, 2.45) is 0 Å². The molecule has 0 unspecified atom stereocenters. The standard InChI is InChI=1S/C21H32N2O2/c1-25-20-11-8-17(9-12-20)16-23-15-14-19(10-13-21(23)24)22-18-6-4-2-3-5-7-18/h8-9,11-12,18-19,22H,2-7,10,13-16H2,1H3/t19-/m1/s1. The summed E-state index contributed by atoms with van der Waals surface area (Å²) in [5.74, 6) is 1.15. The number of carbonyl (C=O) groups excluding carboxylic acids is 1. The maximum absolute atomic E-state index is 12.5. The largest absolute Gasteiger partial charge is 0.497 e. The van der Waals surface area contributed by atoms with E-state index in [0.717, 1.165) is 25.1 Å². The minimum absolute atomic E-state index is 0.293. The van der Waals surface area contributed by atoms with Crippen molar-refractivity contribution in [3.8, 4) is 5.75 Å². The van der Waals surface area contributed by atoms with Crippen molar-refractivity contribution in [3.05, 3.63) is 29.8 Å². The van der Waals surface area contributed by atoms with Crippen LogP contribution in [-0.2, 0) is 11.3 Å². The zero-order chi connectivity index (χ0) is 17.5. The second kappa shape index (κ2) is 9.23. The molecule has 0 bridgehead atoms. The van der Waals surface area contributed by atoms with Gasteiger partial charge in [0.05, 0.1) is 7.11 Å². The van der Waals surface area contributed by atoms with Crippen LogP contribution in [0.25, 0.3) is 0 Å². The molecule has 1 aromatic rings. The highest BCUT2D eigenvalue weighted by Gasteiger charge is 2.24. The van der Waals surface area contributed by atoms with E-state index in [1.54, 1.807) is 7.11 Å². The third-order valence-electron chi connectivity index (χ3n) is 5.67. The van der Waals surface area contributed by atoms with Gasteiger partial charge in [-0.2, -0.15) is 0 Å². The summed E-state index contributed by atoms with van der Waals surface area (Å²) in [4.78, 5) is 14.5. The number of ether oxygens (including phenoxy) is 1. The summed E-state index contributed by atoms with van der Waals surface area (Å²) in [7, 11) is 1.68. The molecule has 138 valence electrons. The number of nitrogens with one attached hydrogen (secondary N) is 1. The topological polar surface area (TPSA) is 41.6 Å². The summed E-state index contributed by atoms with van der Waals surface area (Å²) in [5, 5.41) is 3.86. The van der Waals surface area contributed by atoms with Crippen molar-refractivity contribution in [2.45, 2.75) is 76.4 Å². The Balaban J connectivity index is 1.52. The Morgan fingerprint density at radius 3 is 2.36 bits per heavy atom. The van der Waals surface area contributed by atoms with E-state index in [9.17, 15) is 4.79 Å². The molecule has 2 fully saturated rings. The van der Waals surface area contributed by atoms with Crippen LogP contribution in [0.1, 0.15) is 63.4 Å². The van der Waals surface area contributed by atoms with E-state index < -0.39 is 0 Å².